The van der Waals surface area contributed by atoms with Gasteiger partial charge in [-0.2, -0.15) is 13.2 Å². The molecule has 0 spiro atoms. The second kappa shape index (κ2) is 5.39. The molecule has 0 fully saturated rings. The van der Waals surface area contributed by atoms with Crippen LogP contribution in [0.4, 0.5) is 18.9 Å². The van der Waals surface area contributed by atoms with Crippen molar-refractivity contribution in [2.24, 2.45) is 0 Å². The SMILES string of the molecule is CC.Cc1cc(Br)c(N)c(C(F)(F)F)c1. The van der Waals surface area contributed by atoms with Gasteiger partial charge in [-0.1, -0.05) is 13.8 Å². The summed E-state index contributed by atoms with van der Waals surface area (Å²) in [4.78, 5) is 0. The molecule has 5 heteroatoms. The number of nitrogen functional groups attached to an aromatic ring is 1. The maximum Gasteiger partial charge on any atom is 0.418 e. The number of hydrogen-bond acceptors (Lipinski definition) is 1. The molecule has 1 aromatic rings. The number of aryl methyl sites for hydroxylation is 1. The van der Waals surface area contributed by atoms with Crippen LogP contribution in [0, 0.1) is 6.92 Å². The zero-order valence-electron chi connectivity index (χ0n) is 8.74. The van der Waals surface area contributed by atoms with Gasteiger partial charge in [-0.3, -0.25) is 0 Å². The quantitative estimate of drug-likeness (QED) is 0.703. The largest absolute Gasteiger partial charge is 0.418 e. The molecule has 0 unspecified atom stereocenters. The lowest BCUT2D eigenvalue weighted by atomic mass is 10.1. The Hall–Kier alpha value is -0.710. The average Bonchev–Trinajstić information content (AvgIpc) is 2.13. The first-order valence-corrected chi connectivity index (χ1v) is 5.24. The number of nitrogens with two attached hydrogens (primary N) is 1. The number of halogens is 4. The van der Waals surface area contributed by atoms with E-state index in [1.54, 1.807) is 13.0 Å². The average molecular weight is 284 g/mol. The minimum Gasteiger partial charge on any atom is -0.397 e. The monoisotopic (exact) mass is 283 g/mol. The molecule has 86 valence electrons. The topological polar surface area (TPSA) is 26.0 Å². The van der Waals surface area contributed by atoms with Crippen LogP contribution in [-0.4, -0.2) is 0 Å². The lowest BCUT2D eigenvalue weighted by Crippen LogP contribution is -2.09. The fourth-order valence-corrected chi connectivity index (χ4v) is 1.56. The Morgan fingerprint density at radius 1 is 1.20 bits per heavy atom. The van der Waals surface area contributed by atoms with Crippen LogP contribution in [0.25, 0.3) is 0 Å². The maximum atomic E-state index is 12.3. The van der Waals surface area contributed by atoms with E-state index in [9.17, 15) is 13.2 Å². The molecule has 0 heterocycles. The Labute approximate surface area is 95.6 Å². The molecule has 0 saturated heterocycles. The third-order valence-electron chi connectivity index (χ3n) is 1.58. The summed E-state index contributed by atoms with van der Waals surface area (Å²) < 4.78 is 37.2. The van der Waals surface area contributed by atoms with E-state index >= 15 is 0 Å². The van der Waals surface area contributed by atoms with Crippen LogP contribution >= 0.6 is 15.9 Å². The lowest BCUT2D eigenvalue weighted by molar-refractivity contribution is -0.137. The number of alkyl halides is 3. The van der Waals surface area contributed by atoms with Gasteiger partial charge in [0.1, 0.15) is 0 Å². The van der Waals surface area contributed by atoms with Gasteiger partial charge < -0.3 is 5.73 Å². The van der Waals surface area contributed by atoms with Crippen molar-refractivity contribution in [3.05, 3.63) is 27.7 Å². The van der Waals surface area contributed by atoms with Crippen molar-refractivity contribution < 1.29 is 13.2 Å². The van der Waals surface area contributed by atoms with Gasteiger partial charge in [0, 0.05) is 4.47 Å². The molecular formula is C10H13BrF3N. The van der Waals surface area contributed by atoms with Crippen LogP contribution in [-0.2, 0) is 6.18 Å². The maximum absolute atomic E-state index is 12.3. The van der Waals surface area contributed by atoms with E-state index in [2.05, 4.69) is 15.9 Å². The normalized spacial score (nSPS) is 10.6. The molecule has 2 N–H and O–H groups in total. The predicted molar refractivity (Wildman–Crippen MR) is 59.6 cm³/mol. The molecule has 0 aliphatic rings. The summed E-state index contributed by atoms with van der Waals surface area (Å²) in [6.07, 6.45) is -4.39. The van der Waals surface area contributed by atoms with Gasteiger partial charge in [-0.15, -0.1) is 0 Å². The predicted octanol–water partition coefficient (Wildman–Crippen LogP) is 4.38. The van der Waals surface area contributed by atoms with Gasteiger partial charge >= 0.3 is 6.18 Å². The summed E-state index contributed by atoms with van der Waals surface area (Å²) in [7, 11) is 0. The second-order valence-electron chi connectivity index (χ2n) is 2.71. The van der Waals surface area contributed by atoms with Crippen molar-refractivity contribution in [3.8, 4) is 0 Å². The first-order valence-electron chi connectivity index (χ1n) is 4.45. The molecule has 0 saturated carbocycles. The van der Waals surface area contributed by atoms with Crippen molar-refractivity contribution >= 4 is 21.6 Å². The second-order valence-corrected chi connectivity index (χ2v) is 3.56. The van der Waals surface area contributed by atoms with Crippen LogP contribution in [0.15, 0.2) is 16.6 Å². The Balaban J connectivity index is 0.000000921. The fraction of sp³-hybridized carbons (Fsp3) is 0.400. The fourth-order valence-electron chi connectivity index (χ4n) is 0.988. The standard InChI is InChI=1S/C8H7BrF3N.C2H6/c1-4-2-5(8(10,11)12)7(13)6(9)3-4;1-2/h2-3H,13H2,1H3;1-2H3. The molecular weight excluding hydrogens is 271 g/mol. The molecule has 0 aromatic heterocycles. The molecule has 0 radical (unpaired) electrons. The third-order valence-corrected chi connectivity index (χ3v) is 2.24. The highest BCUT2D eigenvalue weighted by molar-refractivity contribution is 9.10. The van der Waals surface area contributed by atoms with Gasteiger partial charge in [-0.05, 0) is 40.5 Å². The van der Waals surface area contributed by atoms with Crippen molar-refractivity contribution in [3.63, 3.8) is 0 Å². The summed E-state index contributed by atoms with van der Waals surface area (Å²) in [5.74, 6) is 0. The summed E-state index contributed by atoms with van der Waals surface area (Å²) in [5.41, 5.74) is 4.73. The Morgan fingerprint density at radius 2 is 1.67 bits per heavy atom. The minimum absolute atomic E-state index is 0.266. The molecule has 1 aromatic carbocycles. The van der Waals surface area contributed by atoms with Crippen LogP contribution in [0.5, 0.6) is 0 Å². The van der Waals surface area contributed by atoms with Crippen LogP contribution in [0.2, 0.25) is 0 Å². The van der Waals surface area contributed by atoms with Crippen LogP contribution in [0.1, 0.15) is 25.0 Å². The molecule has 0 aliphatic heterocycles. The summed E-state index contributed by atoms with van der Waals surface area (Å²) >= 11 is 2.96. The molecule has 0 atom stereocenters. The van der Waals surface area contributed by atoms with Crippen molar-refractivity contribution in [2.75, 3.05) is 5.73 Å². The number of hydrogen-bond donors (Lipinski definition) is 1. The highest BCUT2D eigenvalue weighted by Gasteiger charge is 2.33. The molecule has 0 aliphatic carbocycles. The molecule has 1 nitrogen and oxygen atoms in total. The Bertz CT molecular complexity index is 334. The van der Waals surface area contributed by atoms with Gasteiger partial charge in [0.2, 0.25) is 0 Å². The van der Waals surface area contributed by atoms with Crippen molar-refractivity contribution in [1.29, 1.82) is 0 Å². The van der Waals surface area contributed by atoms with E-state index in [1.807, 2.05) is 13.8 Å². The number of benzene rings is 1. The minimum atomic E-state index is -4.39. The summed E-state index contributed by atoms with van der Waals surface area (Å²) in [5, 5.41) is 0. The molecule has 0 bridgehead atoms. The van der Waals surface area contributed by atoms with E-state index in [0.717, 1.165) is 6.07 Å². The van der Waals surface area contributed by atoms with Crippen molar-refractivity contribution in [2.45, 2.75) is 26.9 Å². The van der Waals surface area contributed by atoms with Crippen LogP contribution in [0.3, 0.4) is 0 Å². The van der Waals surface area contributed by atoms with E-state index in [0.29, 0.717) is 5.56 Å². The lowest BCUT2D eigenvalue weighted by Gasteiger charge is -2.11. The van der Waals surface area contributed by atoms with Crippen molar-refractivity contribution in [1.82, 2.24) is 0 Å². The third kappa shape index (κ3) is 3.74. The molecule has 15 heavy (non-hydrogen) atoms. The first-order chi connectivity index (χ1) is 6.82. The summed E-state index contributed by atoms with van der Waals surface area (Å²) in [6.45, 7) is 5.58. The Kier molecular flexibility index (Phi) is 5.14. The highest BCUT2D eigenvalue weighted by atomic mass is 79.9. The zero-order chi connectivity index (χ0) is 12.2. The number of rotatable bonds is 0. The van der Waals surface area contributed by atoms with Crippen LogP contribution < -0.4 is 5.73 Å². The zero-order valence-corrected chi connectivity index (χ0v) is 10.3. The highest BCUT2D eigenvalue weighted by Crippen LogP contribution is 2.37. The Morgan fingerprint density at radius 3 is 2.07 bits per heavy atom. The van der Waals surface area contributed by atoms with Gasteiger partial charge in [0.25, 0.3) is 0 Å². The summed E-state index contributed by atoms with van der Waals surface area (Å²) in [6, 6.07) is 2.57. The molecule has 1 rings (SSSR count). The van der Waals surface area contributed by atoms with E-state index < -0.39 is 11.7 Å². The first kappa shape index (κ1) is 14.3. The smallest absolute Gasteiger partial charge is 0.397 e. The van der Waals surface area contributed by atoms with E-state index in [4.69, 9.17) is 5.73 Å². The van der Waals surface area contributed by atoms with Gasteiger partial charge in [0.15, 0.2) is 0 Å². The van der Waals surface area contributed by atoms with Gasteiger partial charge in [0.05, 0.1) is 11.3 Å². The molecule has 0 amide bonds. The van der Waals surface area contributed by atoms with E-state index in [-0.39, 0.29) is 10.2 Å². The van der Waals surface area contributed by atoms with E-state index in [1.165, 1.54) is 0 Å². The van der Waals surface area contributed by atoms with Gasteiger partial charge in [-0.25, -0.2) is 0 Å². The number of anilines is 1.